The number of rotatable bonds is 6. The third-order valence-corrected chi connectivity index (χ3v) is 5.19. The summed E-state index contributed by atoms with van der Waals surface area (Å²) in [6.07, 6.45) is 0.0480. The minimum atomic E-state index is -1.98. The Morgan fingerprint density at radius 3 is 2.21 bits per heavy atom. The molecule has 0 aliphatic carbocycles. The highest BCUT2D eigenvalue weighted by Gasteiger charge is 2.58. The lowest BCUT2D eigenvalue weighted by molar-refractivity contribution is -0.213. The van der Waals surface area contributed by atoms with Crippen LogP contribution in [-0.2, 0) is 16.9 Å². The molecule has 0 spiro atoms. The Morgan fingerprint density at radius 1 is 1.00 bits per heavy atom. The number of benzene rings is 2. The summed E-state index contributed by atoms with van der Waals surface area (Å²) in [6, 6.07) is 8.81. The van der Waals surface area contributed by atoms with Gasteiger partial charge in [-0.05, 0) is 35.9 Å². The first-order chi connectivity index (χ1) is 13.3. The summed E-state index contributed by atoms with van der Waals surface area (Å²) in [5.74, 6) is -2.82. The summed E-state index contributed by atoms with van der Waals surface area (Å²) in [7, 11) is 2.79. The van der Waals surface area contributed by atoms with E-state index in [4.69, 9.17) is 14.2 Å². The highest BCUT2D eigenvalue weighted by atomic mass is 16.6. The summed E-state index contributed by atoms with van der Waals surface area (Å²) in [5.41, 5.74) is -0.719. The van der Waals surface area contributed by atoms with E-state index in [1.165, 1.54) is 38.5 Å². The van der Waals surface area contributed by atoms with Gasteiger partial charge in [-0.25, -0.2) is 0 Å². The van der Waals surface area contributed by atoms with Crippen molar-refractivity contribution in [2.45, 2.75) is 17.8 Å². The Hall–Kier alpha value is -2.52. The van der Waals surface area contributed by atoms with Crippen LogP contribution in [0.5, 0.6) is 23.0 Å². The molecule has 0 bridgehead atoms. The van der Waals surface area contributed by atoms with E-state index < -0.39 is 23.9 Å². The van der Waals surface area contributed by atoms with Gasteiger partial charge in [-0.1, -0.05) is 6.07 Å². The van der Waals surface area contributed by atoms with Gasteiger partial charge < -0.3 is 39.7 Å². The summed E-state index contributed by atoms with van der Waals surface area (Å²) < 4.78 is 15.7. The zero-order valence-corrected chi connectivity index (χ0v) is 15.6. The number of phenols is 2. The summed E-state index contributed by atoms with van der Waals surface area (Å²) in [5, 5.41) is 51.8. The minimum absolute atomic E-state index is 0.0349. The van der Waals surface area contributed by atoms with Crippen LogP contribution in [0.25, 0.3) is 0 Å². The fourth-order valence-electron chi connectivity index (χ4n) is 3.64. The Kier molecular flexibility index (Phi) is 5.40. The van der Waals surface area contributed by atoms with Crippen LogP contribution in [0.1, 0.15) is 11.1 Å². The molecule has 0 radical (unpaired) electrons. The van der Waals surface area contributed by atoms with E-state index in [9.17, 15) is 25.5 Å². The monoisotopic (exact) mass is 392 g/mol. The van der Waals surface area contributed by atoms with Crippen LogP contribution in [0.2, 0.25) is 0 Å². The largest absolute Gasteiger partial charge is 0.504 e. The minimum Gasteiger partial charge on any atom is -0.504 e. The first-order valence-corrected chi connectivity index (χ1v) is 8.70. The lowest BCUT2D eigenvalue weighted by Gasteiger charge is -2.34. The Morgan fingerprint density at radius 2 is 1.61 bits per heavy atom. The van der Waals surface area contributed by atoms with Gasteiger partial charge in [0.2, 0.25) is 5.79 Å². The van der Waals surface area contributed by atoms with Gasteiger partial charge in [-0.2, -0.15) is 0 Å². The highest BCUT2D eigenvalue weighted by molar-refractivity contribution is 5.44. The molecule has 8 heteroatoms. The highest BCUT2D eigenvalue weighted by Crippen LogP contribution is 2.47. The van der Waals surface area contributed by atoms with Crippen LogP contribution in [0.15, 0.2) is 36.4 Å². The van der Waals surface area contributed by atoms with Gasteiger partial charge in [-0.3, -0.25) is 0 Å². The molecule has 0 amide bonds. The SMILES string of the molecule is COc1cc(C[C@@]2(O)CO[C@@](O)(c3ccc(O)c(OC)c3)[C@H]2CO)ccc1O. The van der Waals surface area contributed by atoms with Crippen LogP contribution >= 0.6 is 0 Å². The number of aliphatic hydroxyl groups excluding tert-OH is 1. The molecule has 8 nitrogen and oxygen atoms in total. The van der Waals surface area contributed by atoms with Crippen molar-refractivity contribution in [3.63, 3.8) is 0 Å². The second kappa shape index (κ2) is 7.48. The van der Waals surface area contributed by atoms with Gasteiger partial charge in [0, 0.05) is 12.0 Å². The van der Waals surface area contributed by atoms with Crippen LogP contribution < -0.4 is 9.47 Å². The van der Waals surface area contributed by atoms with E-state index in [0.29, 0.717) is 5.56 Å². The molecule has 3 rings (SSSR count). The van der Waals surface area contributed by atoms with Crippen LogP contribution in [0.4, 0.5) is 0 Å². The number of methoxy groups -OCH3 is 2. The first kappa shape index (κ1) is 20.2. The van der Waals surface area contributed by atoms with Crippen LogP contribution in [0, 0.1) is 5.92 Å². The van der Waals surface area contributed by atoms with Crippen molar-refractivity contribution >= 4 is 0 Å². The third-order valence-electron chi connectivity index (χ3n) is 5.19. The smallest absolute Gasteiger partial charge is 0.200 e. The maximum Gasteiger partial charge on any atom is 0.200 e. The summed E-state index contributed by atoms with van der Waals surface area (Å²) in [4.78, 5) is 0. The molecule has 1 aliphatic heterocycles. The molecule has 1 saturated heterocycles. The quantitative estimate of drug-likeness (QED) is 0.490. The Balaban J connectivity index is 1.94. The van der Waals surface area contributed by atoms with Gasteiger partial charge in [0.15, 0.2) is 23.0 Å². The average Bonchev–Trinajstić information content (AvgIpc) is 2.94. The molecule has 1 heterocycles. The molecular weight excluding hydrogens is 368 g/mol. The lowest BCUT2D eigenvalue weighted by atomic mass is 9.78. The number of phenolic OH excluding ortho intramolecular Hbond substituents is 2. The molecule has 1 aliphatic rings. The number of hydrogen-bond acceptors (Lipinski definition) is 8. The second-order valence-corrected chi connectivity index (χ2v) is 6.89. The van der Waals surface area contributed by atoms with E-state index in [1.807, 2.05) is 0 Å². The van der Waals surface area contributed by atoms with Gasteiger partial charge >= 0.3 is 0 Å². The normalized spacial score (nSPS) is 27.0. The molecule has 1 fully saturated rings. The zero-order chi connectivity index (χ0) is 20.5. The lowest BCUT2D eigenvalue weighted by Crippen LogP contribution is -2.47. The summed E-state index contributed by atoms with van der Waals surface area (Å²) in [6.45, 7) is -0.785. The molecule has 3 atom stereocenters. The van der Waals surface area contributed by atoms with Crippen molar-refractivity contribution in [3.05, 3.63) is 47.5 Å². The van der Waals surface area contributed by atoms with Crippen molar-refractivity contribution in [2.24, 2.45) is 5.92 Å². The predicted octanol–water partition coefficient (Wildman–Crippen LogP) is 0.873. The molecule has 5 N–H and O–H groups in total. The van der Waals surface area contributed by atoms with Gasteiger partial charge in [0.25, 0.3) is 0 Å². The second-order valence-electron chi connectivity index (χ2n) is 6.89. The third kappa shape index (κ3) is 3.35. The molecule has 2 aromatic carbocycles. The number of hydrogen-bond donors (Lipinski definition) is 5. The molecule has 28 heavy (non-hydrogen) atoms. The molecule has 0 saturated carbocycles. The molecule has 0 unspecified atom stereocenters. The fraction of sp³-hybridized carbons (Fsp3) is 0.400. The molecule has 152 valence electrons. The van der Waals surface area contributed by atoms with Crippen molar-refractivity contribution in [2.75, 3.05) is 27.4 Å². The number of ether oxygens (including phenoxy) is 3. The van der Waals surface area contributed by atoms with Gasteiger partial charge in [0.1, 0.15) is 5.60 Å². The van der Waals surface area contributed by atoms with E-state index >= 15 is 0 Å². The van der Waals surface area contributed by atoms with Crippen LogP contribution in [-0.4, -0.2) is 58.6 Å². The van der Waals surface area contributed by atoms with Crippen molar-refractivity contribution in [1.82, 2.24) is 0 Å². The van der Waals surface area contributed by atoms with Crippen molar-refractivity contribution in [3.8, 4) is 23.0 Å². The van der Waals surface area contributed by atoms with Gasteiger partial charge in [0.05, 0.1) is 33.4 Å². The predicted molar refractivity (Wildman–Crippen MR) is 98.4 cm³/mol. The Bertz CT molecular complexity index is 854. The van der Waals surface area contributed by atoms with E-state index in [-0.39, 0.29) is 41.6 Å². The van der Waals surface area contributed by atoms with E-state index in [1.54, 1.807) is 12.1 Å². The molecule has 0 aromatic heterocycles. The number of aliphatic hydroxyl groups is 3. The zero-order valence-electron chi connectivity index (χ0n) is 15.6. The molecule has 2 aromatic rings. The van der Waals surface area contributed by atoms with Crippen LogP contribution in [0.3, 0.4) is 0 Å². The fourth-order valence-corrected chi connectivity index (χ4v) is 3.64. The van der Waals surface area contributed by atoms with Gasteiger partial charge in [-0.15, -0.1) is 0 Å². The standard InChI is InChI=1S/C20H24O8/c1-26-16-7-12(3-5-14(16)22)9-19(24)11-28-20(25,18(19)10-21)13-4-6-15(23)17(8-13)27-2/h3-8,18,21-25H,9-11H2,1-2H3/t18-,19+,20-/m0/s1. The van der Waals surface area contributed by atoms with Crippen molar-refractivity contribution < 1.29 is 39.7 Å². The maximum atomic E-state index is 11.2. The van der Waals surface area contributed by atoms with E-state index in [2.05, 4.69) is 0 Å². The summed E-state index contributed by atoms with van der Waals surface area (Å²) >= 11 is 0. The first-order valence-electron chi connectivity index (χ1n) is 8.70. The maximum absolute atomic E-state index is 11.2. The average molecular weight is 392 g/mol. The van der Waals surface area contributed by atoms with Crippen molar-refractivity contribution in [1.29, 1.82) is 0 Å². The molecular formula is C20H24O8. The van der Waals surface area contributed by atoms with E-state index in [0.717, 1.165) is 0 Å². The Labute approximate surface area is 162 Å². The number of aromatic hydroxyl groups is 2. The topological polar surface area (TPSA) is 129 Å².